The van der Waals surface area contributed by atoms with Gasteiger partial charge in [-0.1, -0.05) is 46.8 Å². The molecule has 0 aromatic carbocycles. The Labute approximate surface area is 94.6 Å². The van der Waals surface area contributed by atoms with Gasteiger partial charge in [0.15, 0.2) is 0 Å². The SMILES string of the molecule is CC(C)/C=C\CCCSCC(C)(C)C. The van der Waals surface area contributed by atoms with Crippen LogP contribution in [-0.2, 0) is 0 Å². The fourth-order valence-electron chi connectivity index (χ4n) is 1.05. The van der Waals surface area contributed by atoms with E-state index in [0.717, 1.165) is 0 Å². The molecule has 0 aromatic rings. The van der Waals surface area contributed by atoms with Crippen molar-refractivity contribution in [2.24, 2.45) is 11.3 Å². The van der Waals surface area contributed by atoms with E-state index in [0.29, 0.717) is 11.3 Å². The van der Waals surface area contributed by atoms with Gasteiger partial charge in [-0.15, -0.1) is 0 Å². The quantitative estimate of drug-likeness (QED) is 0.454. The number of hydrogen-bond acceptors (Lipinski definition) is 1. The van der Waals surface area contributed by atoms with Crippen LogP contribution in [0.3, 0.4) is 0 Å². The molecule has 0 aliphatic rings. The minimum atomic E-state index is 0.485. The fourth-order valence-corrected chi connectivity index (χ4v) is 2.18. The second-order valence-corrected chi connectivity index (χ2v) is 6.53. The lowest BCUT2D eigenvalue weighted by Crippen LogP contribution is -2.08. The van der Waals surface area contributed by atoms with Gasteiger partial charge in [-0.05, 0) is 35.7 Å². The van der Waals surface area contributed by atoms with Gasteiger partial charge < -0.3 is 0 Å². The van der Waals surface area contributed by atoms with Crippen molar-refractivity contribution in [1.29, 1.82) is 0 Å². The molecule has 0 aliphatic heterocycles. The molecule has 0 saturated heterocycles. The molecular weight excluding hydrogens is 188 g/mol. The van der Waals surface area contributed by atoms with Gasteiger partial charge in [0.05, 0.1) is 0 Å². The summed E-state index contributed by atoms with van der Waals surface area (Å²) in [5.41, 5.74) is 0.485. The molecule has 0 bridgehead atoms. The normalized spacial score (nSPS) is 13.0. The molecule has 0 radical (unpaired) electrons. The third-order valence-corrected chi connectivity index (χ3v) is 3.36. The van der Waals surface area contributed by atoms with Crippen molar-refractivity contribution in [1.82, 2.24) is 0 Å². The molecule has 14 heavy (non-hydrogen) atoms. The molecule has 0 unspecified atom stereocenters. The van der Waals surface area contributed by atoms with Crippen molar-refractivity contribution in [2.75, 3.05) is 11.5 Å². The minimum Gasteiger partial charge on any atom is -0.161 e. The number of rotatable bonds is 6. The molecule has 0 amide bonds. The van der Waals surface area contributed by atoms with Crippen LogP contribution in [0.2, 0.25) is 0 Å². The highest BCUT2D eigenvalue weighted by molar-refractivity contribution is 7.99. The summed E-state index contributed by atoms with van der Waals surface area (Å²) in [7, 11) is 0. The first kappa shape index (κ1) is 14.1. The van der Waals surface area contributed by atoms with E-state index in [1.165, 1.54) is 24.3 Å². The minimum absolute atomic E-state index is 0.485. The number of hydrogen-bond donors (Lipinski definition) is 0. The highest BCUT2D eigenvalue weighted by atomic mass is 32.2. The van der Waals surface area contributed by atoms with Crippen LogP contribution < -0.4 is 0 Å². The van der Waals surface area contributed by atoms with Gasteiger partial charge in [0.1, 0.15) is 0 Å². The van der Waals surface area contributed by atoms with Crippen molar-refractivity contribution < 1.29 is 0 Å². The maximum absolute atomic E-state index is 2.32. The average Bonchev–Trinajstić information content (AvgIpc) is 2.00. The Hall–Kier alpha value is 0.0900. The molecule has 1 heteroatoms. The van der Waals surface area contributed by atoms with Crippen molar-refractivity contribution in [3.05, 3.63) is 12.2 Å². The van der Waals surface area contributed by atoms with E-state index in [-0.39, 0.29) is 0 Å². The molecule has 0 rings (SSSR count). The summed E-state index contributed by atoms with van der Waals surface area (Å²) in [5, 5.41) is 0. The molecule has 0 N–H and O–H groups in total. The van der Waals surface area contributed by atoms with Gasteiger partial charge in [0, 0.05) is 0 Å². The molecule has 84 valence electrons. The third kappa shape index (κ3) is 12.1. The van der Waals surface area contributed by atoms with E-state index in [9.17, 15) is 0 Å². The summed E-state index contributed by atoms with van der Waals surface area (Å²) in [4.78, 5) is 0. The molecule has 0 nitrogen and oxygen atoms in total. The zero-order chi connectivity index (χ0) is 11.0. The smallest absolute Gasteiger partial charge is 0.00187 e. The lowest BCUT2D eigenvalue weighted by molar-refractivity contribution is 0.480. The predicted octanol–water partition coefficient (Wildman–Crippen LogP) is 4.76. The van der Waals surface area contributed by atoms with E-state index in [4.69, 9.17) is 0 Å². The van der Waals surface area contributed by atoms with Gasteiger partial charge >= 0.3 is 0 Å². The lowest BCUT2D eigenvalue weighted by Gasteiger charge is -2.16. The first-order valence-corrected chi connectivity index (χ1v) is 6.82. The molecule has 0 aromatic heterocycles. The highest BCUT2D eigenvalue weighted by Crippen LogP contribution is 2.21. The third-order valence-electron chi connectivity index (χ3n) is 1.72. The van der Waals surface area contributed by atoms with E-state index < -0.39 is 0 Å². The van der Waals surface area contributed by atoms with E-state index >= 15 is 0 Å². The van der Waals surface area contributed by atoms with Gasteiger partial charge in [-0.25, -0.2) is 0 Å². The van der Waals surface area contributed by atoms with E-state index in [2.05, 4.69) is 58.5 Å². The second kappa shape index (κ2) is 7.39. The molecular formula is C13H26S. The highest BCUT2D eigenvalue weighted by Gasteiger charge is 2.08. The van der Waals surface area contributed by atoms with Crippen molar-refractivity contribution in [3.63, 3.8) is 0 Å². The molecule has 0 aliphatic carbocycles. The molecule has 0 atom stereocenters. The van der Waals surface area contributed by atoms with Crippen LogP contribution in [0.25, 0.3) is 0 Å². The van der Waals surface area contributed by atoms with Crippen molar-refractivity contribution >= 4 is 11.8 Å². The fraction of sp³-hybridized carbons (Fsp3) is 0.846. The molecule has 0 saturated carbocycles. The maximum atomic E-state index is 2.32. The predicted molar refractivity (Wildman–Crippen MR) is 70.0 cm³/mol. The Morgan fingerprint density at radius 2 is 1.86 bits per heavy atom. The van der Waals surface area contributed by atoms with E-state index in [1.54, 1.807) is 0 Å². The van der Waals surface area contributed by atoms with Crippen LogP contribution in [0.4, 0.5) is 0 Å². The zero-order valence-corrected chi connectivity index (χ0v) is 11.3. The van der Waals surface area contributed by atoms with E-state index in [1.807, 2.05) is 0 Å². The second-order valence-electron chi connectivity index (χ2n) is 5.43. The number of thioether (sulfide) groups is 1. The first-order valence-electron chi connectivity index (χ1n) is 5.66. The number of allylic oxidation sites excluding steroid dienone is 2. The van der Waals surface area contributed by atoms with Crippen LogP contribution in [-0.4, -0.2) is 11.5 Å². The van der Waals surface area contributed by atoms with Crippen LogP contribution in [0.5, 0.6) is 0 Å². The Morgan fingerprint density at radius 1 is 1.21 bits per heavy atom. The Morgan fingerprint density at radius 3 is 2.36 bits per heavy atom. The molecule has 0 heterocycles. The van der Waals surface area contributed by atoms with Gasteiger partial charge in [0.25, 0.3) is 0 Å². The topological polar surface area (TPSA) is 0 Å². The maximum Gasteiger partial charge on any atom is -0.00187 e. The lowest BCUT2D eigenvalue weighted by atomic mass is 10.0. The van der Waals surface area contributed by atoms with Crippen LogP contribution in [0.1, 0.15) is 47.5 Å². The average molecular weight is 214 g/mol. The van der Waals surface area contributed by atoms with Crippen LogP contribution in [0.15, 0.2) is 12.2 Å². The van der Waals surface area contributed by atoms with Gasteiger partial charge in [-0.2, -0.15) is 11.8 Å². The Kier molecular flexibility index (Phi) is 7.44. The summed E-state index contributed by atoms with van der Waals surface area (Å²) in [5.74, 6) is 3.29. The first-order chi connectivity index (χ1) is 6.42. The monoisotopic (exact) mass is 214 g/mol. The Bertz CT molecular complexity index is 151. The largest absolute Gasteiger partial charge is 0.161 e. The van der Waals surface area contributed by atoms with Gasteiger partial charge in [-0.3, -0.25) is 0 Å². The number of unbranched alkanes of at least 4 members (excludes halogenated alkanes) is 1. The molecule has 0 spiro atoms. The van der Waals surface area contributed by atoms with Gasteiger partial charge in [0.2, 0.25) is 0 Å². The molecule has 0 fully saturated rings. The zero-order valence-electron chi connectivity index (χ0n) is 10.5. The summed E-state index contributed by atoms with van der Waals surface area (Å²) in [6, 6.07) is 0. The summed E-state index contributed by atoms with van der Waals surface area (Å²) in [6.45, 7) is 11.4. The summed E-state index contributed by atoms with van der Waals surface area (Å²) >= 11 is 2.09. The van der Waals surface area contributed by atoms with Crippen molar-refractivity contribution in [2.45, 2.75) is 47.5 Å². The van der Waals surface area contributed by atoms with Crippen LogP contribution in [0, 0.1) is 11.3 Å². The standard InChI is InChI=1S/C13H26S/c1-12(2)9-7-6-8-10-14-11-13(3,4)5/h7,9,12H,6,8,10-11H2,1-5H3/b9-7-. The Balaban J connectivity index is 3.23. The van der Waals surface area contributed by atoms with Crippen LogP contribution >= 0.6 is 11.8 Å². The summed E-state index contributed by atoms with van der Waals surface area (Å²) in [6.07, 6.45) is 7.19. The van der Waals surface area contributed by atoms with Crippen molar-refractivity contribution in [3.8, 4) is 0 Å². The summed E-state index contributed by atoms with van der Waals surface area (Å²) < 4.78 is 0.